The molecule has 5 nitrogen and oxygen atoms in total. The Bertz CT molecular complexity index is 716. The number of benzene rings is 2. The molecule has 0 spiro atoms. The van der Waals surface area contributed by atoms with Crippen molar-refractivity contribution < 1.29 is 19.0 Å². The van der Waals surface area contributed by atoms with Crippen LogP contribution < -0.4 is 14.8 Å². The van der Waals surface area contributed by atoms with Gasteiger partial charge in [-0.25, -0.2) is 0 Å². The van der Waals surface area contributed by atoms with Gasteiger partial charge in [-0.05, 0) is 37.1 Å². The standard InChI is InChI=1S/C19H20ClNO4/c20-15-7-1-3-9-17(15)25-13-19(22)21-16-8-2-4-10-18(16)24-12-14-6-5-11-23-14/h1-4,7-10,14H,5-6,11-13H2,(H,21,22)/t14-/m0/s1. The van der Waals surface area contributed by atoms with Crippen LogP contribution >= 0.6 is 11.6 Å². The Kier molecular flexibility index (Phi) is 6.14. The first kappa shape index (κ1) is 17.6. The fourth-order valence-electron chi connectivity index (χ4n) is 2.55. The summed E-state index contributed by atoms with van der Waals surface area (Å²) in [7, 11) is 0. The minimum Gasteiger partial charge on any atom is -0.489 e. The first-order chi connectivity index (χ1) is 12.2. The lowest BCUT2D eigenvalue weighted by Crippen LogP contribution is -2.21. The van der Waals surface area contributed by atoms with Gasteiger partial charge in [0, 0.05) is 6.61 Å². The van der Waals surface area contributed by atoms with E-state index in [9.17, 15) is 4.79 Å². The molecule has 0 unspecified atom stereocenters. The average Bonchev–Trinajstić information content (AvgIpc) is 3.14. The average molecular weight is 362 g/mol. The van der Waals surface area contributed by atoms with E-state index in [1.807, 2.05) is 18.2 Å². The molecule has 6 heteroatoms. The smallest absolute Gasteiger partial charge is 0.262 e. The molecule has 1 atom stereocenters. The lowest BCUT2D eigenvalue weighted by Gasteiger charge is -2.15. The number of anilines is 1. The zero-order valence-corrected chi connectivity index (χ0v) is 14.5. The van der Waals surface area contributed by atoms with Crippen LogP contribution in [0.25, 0.3) is 0 Å². The summed E-state index contributed by atoms with van der Waals surface area (Å²) in [5.41, 5.74) is 0.605. The molecule has 1 aliphatic heterocycles. The molecule has 1 heterocycles. The van der Waals surface area contributed by atoms with Gasteiger partial charge in [-0.15, -0.1) is 0 Å². The van der Waals surface area contributed by atoms with Crippen LogP contribution in [0.15, 0.2) is 48.5 Å². The van der Waals surface area contributed by atoms with Crippen molar-refractivity contribution in [2.45, 2.75) is 18.9 Å². The predicted octanol–water partition coefficient (Wildman–Crippen LogP) is 3.92. The van der Waals surface area contributed by atoms with E-state index in [1.165, 1.54) is 0 Å². The van der Waals surface area contributed by atoms with Crippen molar-refractivity contribution in [1.82, 2.24) is 0 Å². The number of halogens is 1. The van der Waals surface area contributed by atoms with Gasteiger partial charge >= 0.3 is 0 Å². The van der Waals surface area contributed by atoms with Crippen molar-refractivity contribution in [3.8, 4) is 11.5 Å². The van der Waals surface area contributed by atoms with Gasteiger partial charge in [0.15, 0.2) is 6.61 Å². The van der Waals surface area contributed by atoms with Gasteiger partial charge in [0.1, 0.15) is 18.1 Å². The van der Waals surface area contributed by atoms with Crippen LogP contribution in [0.2, 0.25) is 5.02 Å². The Morgan fingerprint density at radius 2 is 1.88 bits per heavy atom. The summed E-state index contributed by atoms with van der Waals surface area (Å²) in [6.07, 6.45) is 2.18. The van der Waals surface area contributed by atoms with E-state index in [-0.39, 0.29) is 18.6 Å². The van der Waals surface area contributed by atoms with Crippen molar-refractivity contribution in [3.63, 3.8) is 0 Å². The zero-order valence-electron chi connectivity index (χ0n) is 13.7. The maximum Gasteiger partial charge on any atom is 0.262 e. The van der Waals surface area contributed by atoms with Crippen LogP contribution in [0.4, 0.5) is 5.69 Å². The number of ether oxygens (including phenoxy) is 3. The maximum atomic E-state index is 12.2. The first-order valence-electron chi connectivity index (χ1n) is 8.23. The van der Waals surface area contributed by atoms with Crippen LogP contribution in [-0.2, 0) is 9.53 Å². The molecule has 25 heavy (non-hydrogen) atoms. The Labute approximate surface area is 151 Å². The maximum absolute atomic E-state index is 12.2. The quantitative estimate of drug-likeness (QED) is 0.812. The van der Waals surface area contributed by atoms with Gasteiger partial charge in [-0.3, -0.25) is 4.79 Å². The number of para-hydroxylation sites is 3. The summed E-state index contributed by atoms with van der Waals surface area (Å²) >= 11 is 6.01. The van der Waals surface area contributed by atoms with Crippen LogP contribution in [0.3, 0.4) is 0 Å². The van der Waals surface area contributed by atoms with Crippen molar-refractivity contribution in [1.29, 1.82) is 0 Å². The summed E-state index contributed by atoms with van der Waals surface area (Å²) in [5.74, 6) is 0.805. The molecule has 1 saturated heterocycles. The Morgan fingerprint density at radius 1 is 1.12 bits per heavy atom. The summed E-state index contributed by atoms with van der Waals surface area (Å²) in [6.45, 7) is 1.12. The van der Waals surface area contributed by atoms with Crippen molar-refractivity contribution in [3.05, 3.63) is 53.6 Å². The lowest BCUT2D eigenvalue weighted by atomic mass is 10.2. The summed E-state index contributed by atoms with van der Waals surface area (Å²) in [4.78, 5) is 12.2. The first-order valence-corrected chi connectivity index (χ1v) is 8.61. The molecule has 0 aliphatic carbocycles. The highest BCUT2D eigenvalue weighted by molar-refractivity contribution is 6.32. The van der Waals surface area contributed by atoms with Gasteiger partial charge in [0.05, 0.1) is 16.8 Å². The van der Waals surface area contributed by atoms with Crippen molar-refractivity contribution in [2.24, 2.45) is 0 Å². The topological polar surface area (TPSA) is 56.8 Å². The summed E-state index contributed by atoms with van der Waals surface area (Å²) in [5, 5.41) is 3.27. The van der Waals surface area contributed by atoms with E-state index in [2.05, 4.69) is 5.32 Å². The molecular formula is C19H20ClNO4. The Hall–Kier alpha value is -2.24. The van der Waals surface area contributed by atoms with Gasteiger partial charge < -0.3 is 19.5 Å². The lowest BCUT2D eigenvalue weighted by molar-refractivity contribution is -0.118. The molecule has 0 aromatic heterocycles. The zero-order chi connectivity index (χ0) is 17.5. The Balaban J connectivity index is 1.54. The van der Waals surface area contributed by atoms with Gasteiger partial charge in [-0.2, -0.15) is 0 Å². The van der Waals surface area contributed by atoms with E-state index >= 15 is 0 Å². The molecule has 0 bridgehead atoms. The molecule has 0 saturated carbocycles. The van der Waals surface area contributed by atoms with E-state index < -0.39 is 0 Å². The highest BCUT2D eigenvalue weighted by Gasteiger charge is 2.17. The number of hydrogen-bond acceptors (Lipinski definition) is 4. The normalized spacial score (nSPS) is 16.4. The molecule has 1 aliphatic rings. The SMILES string of the molecule is O=C(COc1ccccc1Cl)Nc1ccccc1OC[C@@H]1CCCO1. The molecule has 2 aromatic rings. The number of rotatable bonds is 7. The fraction of sp³-hybridized carbons (Fsp3) is 0.316. The molecular weight excluding hydrogens is 342 g/mol. The van der Waals surface area contributed by atoms with E-state index in [4.69, 9.17) is 25.8 Å². The molecule has 1 amide bonds. The second-order valence-corrected chi connectivity index (χ2v) is 6.12. The van der Waals surface area contributed by atoms with Gasteiger partial charge in [0.2, 0.25) is 0 Å². The number of amides is 1. The third kappa shape index (κ3) is 5.11. The molecule has 2 aromatic carbocycles. The molecule has 132 valence electrons. The summed E-state index contributed by atoms with van der Waals surface area (Å²) < 4.78 is 16.8. The van der Waals surface area contributed by atoms with Crippen molar-refractivity contribution >= 4 is 23.2 Å². The highest BCUT2D eigenvalue weighted by atomic mass is 35.5. The number of carbonyl (C=O) groups is 1. The molecule has 3 rings (SSSR count). The summed E-state index contributed by atoms with van der Waals surface area (Å²) in [6, 6.07) is 14.3. The second kappa shape index (κ2) is 8.74. The number of hydrogen-bond donors (Lipinski definition) is 1. The highest BCUT2D eigenvalue weighted by Crippen LogP contribution is 2.26. The third-order valence-corrected chi connectivity index (χ3v) is 4.12. The van der Waals surface area contributed by atoms with Crippen LogP contribution in [-0.4, -0.2) is 31.8 Å². The fourth-order valence-corrected chi connectivity index (χ4v) is 2.74. The number of nitrogens with one attached hydrogen (secondary N) is 1. The van der Waals surface area contributed by atoms with E-state index in [0.717, 1.165) is 19.4 Å². The van der Waals surface area contributed by atoms with Crippen LogP contribution in [0.5, 0.6) is 11.5 Å². The third-order valence-electron chi connectivity index (χ3n) is 3.81. The van der Waals surface area contributed by atoms with E-state index in [0.29, 0.717) is 28.8 Å². The molecule has 0 radical (unpaired) electrons. The second-order valence-electron chi connectivity index (χ2n) is 5.71. The number of carbonyl (C=O) groups excluding carboxylic acids is 1. The van der Waals surface area contributed by atoms with Gasteiger partial charge in [-0.1, -0.05) is 35.9 Å². The monoisotopic (exact) mass is 361 g/mol. The largest absolute Gasteiger partial charge is 0.489 e. The van der Waals surface area contributed by atoms with Crippen molar-refractivity contribution in [2.75, 3.05) is 25.1 Å². The molecule has 1 fully saturated rings. The van der Waals surface area contributed by atoms with Gasteiger partial charge in [0.25, 0.3) is 5.91 Å². The predicted molar refractivity (Wildman–Crippen MR) is 96.5 cm³/mol. The minimum absolute atomic E-state index is 0.118. The van der Waals surface area contributed by atoms with Crippen LogP contribution in [0.1, 0.15) is 12.8 Å². The minimum atomic E-state index is -0.284. The molecule has 1 N–H and O–H groups in total. The van der Waals surface area contributed by atoms with E-state index in [1.54, 1.807) is 30.3 Å². The Morgan fingerprint density at radius 3 is 2.64 bits per heavy atom. The van der Waals surface area contributed by atoms with Crippen LogP contribution in [0, 0.1) is 0 Å².